The van der Waals surface area contributed by atoms with Gasteiger partial charge >= 0.3 is 0 Å². The smallest absolute Gasteiger partial charge is 0.295 e. The van der Waals surface area contributed by atoms with Gasteiger partial charge in [-0.05, 0) is 42.0 Å². The summed E-state index contributed by atoms with van der Waals surface area (Å²) in [4.78, 5) is 15.9. The van der Waals surface area contributed by atoms with E-state index in [1.54, 1.807) is 0 Å². The van der Waals surface area contributed by atoms with Crippen molar-refractivity contribution in [3.63, 3.8) is 0 Å². The molecular formula is C17H14F2N4O2. The standard InChI is InChI=1S/C17H14F2N4O2/c18-12-3-1-11(2-4-12)15(24)9-23-10-20-16(22-23)17(25)21-14-7-5-13(19)6-8-14/h1-8,10,15,24H,9H2,(H,21,25). The van der Waals surface area contributed by atoms with Gasteiger partial charge in [0.05, 0.1) is 12.6 Å². The molecule has 0 aliphatic rings. The number of halogens is 2. The van der Waals surface area contributed by atoms with Crippen molar-refractivity contribution in [2.75, 3.05) is 5.32 Å². The largest absolute Gasteiger partial charge is 0.386 e. The molecule has 1 atom stereocenters. The average Bonchev–Trinajstić information content (AvgIpc) is 3.06. The van der Waals surface area contributed by atoms with Crippen LogP contribution in [0.4, 0.5) is 14.5 Å². The van der Waals surface area contributed by atoms with Crippen LogP contribution in [0, 0.1) is 11.6 Å². The summed E-state index contributed by atoms with van der Waals surface area (Å²) in [6.07, 6.45) is 0.391. The van der Waals surface area contributed by atoms with Crippen LogP contribution in [0.3, 0.4) is 0 Å². The monoisotopic (exact) mass is 344 g/mol. The fraction of sp³-hybridized carbons (Fsp3) is 0.118. The molecule has 1 aromatic heterocycles. The van der Waals surface area contributed by atoms with Crippen LogP contribution < -0.4 is 5.32 Å². The minimum Gasteiger partial charge on any atom is -0.386 e. The van der Waals surface area contributed by atoms with Crippen LogP contribution in [0.1, 0.15) is 22.3 Å². The van der Waals surface area contributed by atoms with Gasteiger partial charge in [-0.2, -0.15) is 0 Å². The maximum absolute atomic E-state index is 12.9. The van der Waals surface area contributed by atoms with Gasteiger partial charge in [0, 0.05) is 5.69 Å². The SMILES string of the molecule is O=C(Nc1ccc(F)cc1)c1ncn(CC(O)c2ccc(F)cc2)n1. The highest BCUT2D eigenvalue weighted by Gasteiger charge is 2.14. The molecule has 0 aliphatic heterocycles. The van der Waals surface area contributed by atoms with E-state index in [9.17, 15) is 18.7 Å². The highest BCUT2D eigenvalue weighted by Crippen LogP contribution is 2.15. The molecule has 3 rings (SSSR count). The second-order valence-corrected chi connectivity index (χ2v) is 5.32. The van der Waals surface area contributed by atoms with E-state index in [2.05, 4.69) is 15.4 Å². The Bertz CT molecular complexity index is 863. The Morgan fingerprint density at radius 3 is 2.32 bits per heavy atom. The summed E-state index contributed by atoms with van der Waals surface area (Å²) in [7, 11) is 0. The van der Waals surface area contributed by atoms with E-state index in [-0.39, 0.29) is 12.4 Å². The normalized spacial score (nSPS) is 12.0. The van der Waals surface area contributed by atoms with E-state index >= 15 is 0 Å². The van der Waals surface area contributed by atoms with E-state index in [4.69, 9.17) is 0 Å². The lowest BCUT2D eigenvalue weighted by Crippen LogP contribution is -2.15. The molecule has 8 heteroatoms. The van der Waals surface area contributed by atoms with Gasteiger partial charge in [-0.3, -0.25) is 4.79 Å². The maximum Gasteiger partial charge on any atom is 0.295 e. The maximum atomic E-state index is 12.9. The molecule has 128 valence electrons. The number of nitrogens with zero attached hydrogens (tertiary/aromatic N) is 3. The van der Waals surface area contributed by atoms with Gasteiger partial charge in [-0.15, -0.1) is 5.10 Å². The zero-order chi connectivity index (χ0) is 17.8. The molecule has 0 aliphatic carbocycles. The summed E-state index contributed by atoms with van der Waals surface area (Å²) >= 11 is 0. The molecule has 0 saturated heterocycles. The topological polar surface area (TPSA) is 80.0 Å². The molecular weight excluding hydrogens is 330 g/mol. The van der Waals surface area contributed by atoms with E-state index in [0.717, 1.165) is 0 Å². The van der Waals surface area contributed by atoms with Crippen molar-refractivity contribution in [3.8, 4) is 0 Å². The van der Waals surface area contributed by atoms with Crippen LogP contribution in [-0.4, -0.2) is 25.8 Å². The first-order valence-electron chi connectivity index (χ1n) is 7.41. The summed E-state index contributed by atoms with van der Waals surface area (Å²) in [6, 6.07) is 10.7. The van der Waals surface area contributed by atoms with Gasteiger partial charge in [0.15, 0.2) is 0 Å². The van der Waals surface area contributed by atoms with Crippen molar-refractivity contribution in [1.82, 2.24) is 14.8 Å². The lowest BCUT2D eigenvalue weighted by molar-refractivity contribution is 0.101. The molecule has 0 fully saturated rings. The number of carbonyl (C=O) groups is 1. The number of carbonyl (C=O) groups excluding carboxylic acids is 1. The van der Waals surface area contributed by atoms with Gasteiger partial charge in [-0.25, -0.2) is 18.4 Å². The first-order chi connectivity index (χ1) is 12.0. The Morgan fingerprint density at radius 2 is 1.68 bits per heavy atom. The van der Waals surface area contributed by atoms with Crippen molar-refractivity contribution in [1.29, 1.82) is 0 Å². The number of rotatable bonds is 5. The van der Waals surface area contributed by atoms with Crippen LogP contribution in [0.5, 0.6) is 0 Å². The minimum atomic E-state index is -0.921. The Morgan fingerprint density at radius 1 is 1.08 bits per heavy atom. The summed E-state index contributed by atoms with van der Waals surface area (Å²) in [5.74, 6) is -1.44. The minimum absolute atomic E-state index is 0.0580. The van der Waals surface area contributed by atoms with Crippen LogP contribution in [0.2, 0.25) is 0 Å². The van der Waals surface area contributed by atoms with Gasteiger partial charge in [0.25, 0.3) is 5.91 Å². The number of aliphatic hydroxyl groups excluding tert-OH is 1. The first-order valence-corrected chi connectivity index (χ1v) is 7.41. The number of hydrogen-bond donors (Lipinski definition) is 2. The van der Waals surface area contributed by atoms with Gasteiger partial charge < -0.3 is 10.4 Å². The van der Waals surface area contributed by atoms with E-state index in [0.29, 0.717) is 11.3 Å². The van der Waals surface area contributed by atoms with Crippen LogP contribution in [-0.2, 0) is 6.54 Å². The third-order valence-electron chi connectivity index (χ3n) is 3.46. The molecule has 3 aromatic rings. The first kappa shape index (κ1) is 16.7. The van der Waals surface area contributed by atoms with Gasteiger partial charge in [0.2, 0.25) is 5.82 Å². The molecule has 0 bridgehead atoms. The molecule has 0 saturated carbocycles. The fourth-order valence-corrected chi connectivity index (χ4v) is 2.17. The molecule has 2 N–H and O–H groups in total. The molecule has 1 unspecified atom stereocenters. The Hall–Kier alpha value is -3.13. The second-order valence-electron chi connectivity index (χ2n) is 5.32. The Balaban J connectivity index is 1.64. The van der Waals surface area contributed by atoms with Crippen LogP contribution in [0.15, 0.2) is 54.9 Å². The van der Waals surface area contributed by atoms with E-state index in [1.807, 2.05) is 0 Å². The second kappa shape index (κ2) is 7.18. The Kier molecular flexibility index (Phi) is 4.80. The fourth-order valence-electron chi connectivity index (χ4n) is 2.17. The predicted octanol–water partition coefficient (Wildman–Crippen LogP) is 2.54. The number of amides is 1. The van der Waals surface area contributed by atoms with Crippen molar-refractivity contribution < 1.29 is 18.7 Å². The summed E-state index contributed by atoms with van der Waals surface area (Å²) in [6.45, 7) is 0.0580. The molecule has 25 heavy (non-hydrogen) atoms. The number of aliphatic hydroxyl groups is 1. The highest BCUT2D eigenvalue weighted by atomic mass is 19.1. The number of aromatic nitrogens is 3. The number of hydrogen-bond acceptors (Lipinski definition) is 4. The van der Waals surface area contributed by atoms with E-state index in [1.165, 1.54) is 59.5 Å². The van der Waals surface area contributed by atoms with Gasteiger partial charge in [0.1, 0.15) is 18.0 Å². The van der Waals surface area contributed by atoms with Crippen molar-refractivity contribution in [3.05, 3.63) is 77.9 Å². The van der Waals surface area contributed by atoms with Crippen LogP contribution >= 0.6 is 0 Å². The van der Waals surface area contributed by atoms with E-state index < -0.39 is 23.6 Å². The van der Waals surface area contributed by atoms with Crippen molar-refractivity contribution >= 4 is 11.6 Å². The molecule has 1 amide bonds. The summed E-state index contributed by atoms with van der Waals surface area (Å²) < 4.78 is 27.1. The number of anilines is 1. The number of benzene rings is 2. The lowest BCUT2D eigenvalue weighted by Gasteiger charge is -2.10. The quantitative estimate of drug-likeness (QED) is 0.745. The lowest BCUT2D eigenvalue weighted by atomic mass is 10.1. The highest BCUT2D eigenvalue weighted by molar-refractivity contribution is 6.01. The Labute approximate surface area is 141 Å². The summed E-state index contributed by atoms with van der Waals surface area (Å²) in [5, 5.41) is 16.7. The van der Waals surface area contributed by atoms with Crippen LogP contribution in [0.25, 0.3) is 0 Å². The zero-order valence-corrected chi connectivity index (χ0v) is 12.9. The number of nitrogens with one attached hydrogen (secondary N) is 1. The third kappa shape index (κ3) is 4.24. The molecule has 0 radical (unpaired) electrons. The van der Waals surface area contributed by atoms with Gasteiger partial charge in [-0.1, -0.05) is 12.1 Å². The summed E-state index contributed by atoms with van der Waals surface area (Å²) in [5.41, 5.74) is 0.934. The third-order valence-corrected chi connectivity index (χ3v) is 3.46. The molecule has 0 spiro atoms. The van der Waals surface area contributed by atoms with Crippen molar-refractivity contribution in [2.24, 2.45) is 0 Å². The zero-order valence-electron chi connectivity index (χ0n) is 12.9. The average molecular weight is 344 g/mol. The molecule has 1 heterocycles. The predicted molar refractivity (Wildman–Crippen MR) is 85.7 cm³/mol. The van der Waals surface area contributed by atoms with Crippen molar-refractivity contribution in [2.45, 2.75) is 12.6 Å². The molecule has 6 nitrogen and oxygen atoms in total. The molecule has 2 aromatic carbocycles.